The molecule has 2 aromatic rings. The summed E-state index contributed by atoms with van der Waals surface area (Å²) < 4.78 is 19.1. The molecular formula is C16H15BrClFN2O2. The van der Waals surface area contributed by atoms with Crippen LogP contribution in [0.1, 0.15) is 5.56 Å². The van der Waals surface area contributed by atoms with Gasteiger partial charge in [0.15, 0.2) is 0 Å². The molecule has 0 spiro atoms. The van der Waals surface area contributed by atoms with Crippen LogP contribution in [-0.2, 0) is 6.42 Å². The Hall–Kier alpha value is -1.79. The maximum Gasteiger partial charge on any atom is 0.319 e. The Bertz CT molecular complexity index is 712. The third-order valence-corrected chi connectivity index (χ3v) is 4.00. The number of benzene rings is 2. The molecule has 0 aliphatic heterocycles. The Morgan fingerprint density at radius 1 is 1.30 bits per heavy atom. The second-order valence-corrected chi connectivity index (χ2v) is 5.99. The molecule has 0 aromatic heterocycles. The van der Waals surface area contributed by atoms with Gasteiger partial charge in [-0.05, 0) is 58.2 Å². The number of hydrogen-bond acceptors (Lipinski definition) is 2. The van der Waals surface area contributed by atoms with E-state index in [-0.39, 0.29) is 11.1 Å². The molecular weight excluding hydrogens is 387 g/mol. The number of anilines is 1. The third-order valence-electron chi connectivity index (χ3n) is 3.09. The van der Waals surface area contributed by atoms with E-state index < -0.39 is 5.82 Å². The van der Waals surface area contributed by atoms with Crippen LogP contribution in [0.4, 0.5) is 14.9 Å². The van der Waals surface area contributed by atoms with Crippen molar-refractivity contribution in [1.29, 1.82) is 0 Å². The van der Waals surface area contributed by atoms with Crippen LogP contribution in [0.15, 0.2) is 40.9 Å². The molecule has 0 aliphatic rings. The normalized spacial score (nSPS) is 10.3. The third kappa shape index (κ3) is 5.11. The molecule has 0 atom stereocenters. The summed E-state index contributed by atoms with van der Waals surface area (Å²) >= 11 is 9.08. The summed E-state index contributed by atoms with van der Waals surface area (Å²) in [6.45, 7) is 0.458. The van der Waals surface area contributed by atoms with Crippen molar-refractivity contribution in [1.82, 2.24) is 5.32 Å². The second-order valence-electron chi connectivity index (χ2n) is 4.73. The van der Waals surface area contributed by atoms with Crippen LogP contribution < -0.4 is 15.4 Å². The number of rotatable bonds is 5. The molecule has 0 radical (unpaired) electrons. The van der Waals surface area contributed by atoms with Crippen molar-refractivity contribution in [2.24, 2.45) is 0 Å². The van der Waals surface area contributed by atoms with E-state index in [2.05, 4.69) is 26.6 Å². The van der Waals surface area contributed by atoms with Gasteiger partial charge in [0, 0.05) is 12.2 Å². The summed E-state index contributed by atoms with van der Waals surface area (Å²) in [5, 5.41) is 5.29. The molecule has 0 fully saturated rings. The van der Waals surface area contributed by atoms with E-state index in [1.807, 2.05) is 18.2 Å². The lowest BCUT2D eigenvalue weighted by atomic mass is 10.1. The van der Waals surface area contributed by atoms with Crippen molar-refractivity contribution in [3.63, 3.8) is 0 Å². The topological polar surface area (TPSA) is 50.4 Å². The minimum atomic E-state index is -0.525. The van der Waals surface area contributed by atoms with Crippen LogP contribution in [0.2, 0.25) is 5.02 Å². The average Bonchev–Trinajstić information content (AvgIpc) is 2.51. The van der Waals surface area contributed by atoms with Gasteiger partial charge >= 0.3 is 6.03 Å². The highest BCUT2D eigenvalue weighted by Crippen LogP contribution is 2.25. The summed E-state index contributed by atoms with van der Waals surface area (Å²) in [5.41, 5.74) is 1.49. The van der Waals surface area contributed by atoms with E-state index in [0.29, 0.717) is 18.7 Å². The first-order valence-corrected chi connectivity index (χ1v) is 7.99. The lowest BCUT2D eigenvalue weighted by Gasteiger charge is -2.09. The predicted octanol–water partition coefficient (Wildman–Crippen LogP) is 4.61. The first kappa shape index (κ1) is 17.6. The Morgan fingerprint density at radius 2 is 2.09 bits per heavy atom. The molecule has 0 unspecified atom stereocenters. The molecule has 2 N–H and O–H groups in total. The zero-order valence-corrected chi connectivity index (χ0v) is 14.7. The van der Waals surface area contributed by atoms with E-state index in [0.717, 1.165) is 15.8 Å². The summed E-state index contributed by atoms with van der Waals surface area (Å²) in [4.78, 5) is 11.8. The van der Waals surface area contributed by atoms with E-state index in [1.165, 1.54) is 18.2 Å². The standard InChI is InChI=1S/C16H15BrClFN2O2/c1-23-15-5-2-10(8-12(15)17)6-7-20-16(22)21-11-3-4-14(19)13(18)9-11/h2-5,8-9H,6-7H2,1H3,(H2,20,21,22). The Balaban J connectivity index is 1.82. The van der Waals surface area contributed by atoms with Crippen molar-refractivity contribution in [3.8, 4) is 5.75 Å². The molecule has 0 heterocycles. The largest absolute Gasteiger partial charge is 0.496 e. The number of urea groups is 1. The average molecular weight is 402 g/mol. The maximum absolute atomic E-state index is 13.0. The van der Waals surface area contributed by atoms with E-state index in [1.54, 1.807) is 7.11 Å². The van der Waals surface area contributed by atoms with Crippen LogP contribution >= 0.6 is 27.5 Å². The number of hydrogen-bond donors (Lipinski definition) is 2. The molecule has 23 heavy (non-hydrogen) atoms. The number of halogens is 3. The van der Waals surface area contributed by atoms with Crippen LogP contribution in [-0.4, -0.2) is 19.7 Å². The van der Waals surface area contributed by atoms with Crippen LogP contribution in [0, 0.1) is 5.82 Å². The van der Waals surface area contributed by atoms with Crippen molar-refractivity contribution < 1.29 is 13.9 Å². The van der Waals surface area contributed by atoms with E-state index in [9.17, 15) is 9.18 Å². The highest BCUT2D eigenvalue weighted by Gasteiger charge is 2.05. The lowest BCUT2D eigenvalue weighted by molar-refractivity contribution is 0.252. The van der Waals surface area contributed by atoms with E-state index in [4.69, 9.17) is 16.3 Å². The van der Waals surface area contributed by atoms with Crippen molar-refractivity contribution in [2.45, 2.75) is 6.42 Å². The molecule has 2 rings (SSSR count). The van der Waals surface area contributed by atoms with Gasteiger partial charge in [0.1, 0.15) is 11.6 Å². The van der Waals surface area contributed by atoms with Crippen LogP contribution in [0.25, 0.3) is 0 Å². The first-order valence-electron chi connectivity index (χ1n) is 6.82. The van der Waals surface area contributed by atoms with Gasteiger partial charge in [-0.25, -0.2) is 9.18 Å². The molecule has 2 aromatic carbocycles. The van der Waals surface area contributed by atoms with Gasteiger partial charge in [-0.3, -0.25) is 0 Å². The minimum Gasteiger partial charge on any atom is -0.496 e. The summed E-state index contributed by atoms with van der Waals surface area (Å²) in [5.74, 6) is 0.232. The fourth-order valence-electron chi connectivity index (χ4n) is 1.93. The molecule has 7 heteroatoms. The number of carbonyl (C=O) groups excluding carboxylic acids is 1. The first-order chi connectivity index (χ1) is 11.0. The number of carbonyl (C=O) groups is 1. The van der Waals surface area contributed by atoms with Crippen molar-refractivity contribution >= 4 is 39.2 Å². The molecule has 0 saturated carbocycles. The van der Waals surface area contributed by atoms with Gasteiger partial charge in [-0.1, -0.05) is 17.7 Å². The quantitative estimate of drug-likeness (QED) is 0.768. The van der Waals surface area contributed by atoms with Crippen molar-refractivity contribution in [3.05, 3.63) is 57.3 Å². The summed E-state index contributed by atoms with van der Waals surface area (Å²) in [6.07, 6.45) is 0.667. The van der Waals surface area contributed by atoms with Crippen LogP contribution in [0.3, 0.4) is 0 Å². The Labute approximate surface area is 147 Å². The molecule has 122 valence electrons. The van der Waals surface area contributed by atoms with Crippen molar-refractivity contribution in [2.75, 3.05) is 19.0 Å². The number of methoxy groups -OCH3 is 1. The fraction of sp³-hybridized carbons (Fsp3) is 0.188. The smallest absolute Gasteiger partial charge is 0.319 e. The van der Waals surface area contributed by atoms with Gasteiger partial charge in [-0.15, -0.1) is 0 Å². The van der Waals surface area contributed by atoms with Crippen LogP contribution in [0.5, 0.6) is 5.75 Å². The molecule has 0 aliphatic carbocycles. The van der Waals surface area contributed by atoms with Gasteiger partial charge in [-0.2, -0.15) is 0 Å². The van der Waals surface area contributed by atoms with Gasteiger partial charge in [0.05, 0.1) is 16.6 Å². The maximum atomic E-state index is 13.0. The van der Waals surface area contributed by atoms with Gasteiger partial charge in [0.2, 0.25) is 0 Å². The SMILES string of the molecule is COc1ccc(CCNC(=O)Nc2ccc(F)c(Cl)c2)cc1Br. The number of amides is 2. The highest BCUT2D eigenvalue weighted by atomic mass is 79.9. The zero-order chi connectivity index (χ0) is 16.8. The highest BCUT2D eigenvalue weighted by molar-refractivity contribution is 9.10. The summed E-state index contributed by atoms with van der Waals surface area (Å²) in [6, 6.07) is 9.37. The predicted molar refractivity (Wildman–Crippen MR) is 92.8 cm³/mol. The fourth-order valence-corrected chi connectivity index (χ4v) is 2.70. The number of nitrogens with one attached hydrogen (secondary N) is 2. The monoisotopic (exact) mass is 400 g/mol. The molecule has 0 saturated heterocycles. The molecule has 2 amide bonds. The Morgan fingerprint density at radius 3 is 2.74 bits per heavy atom. The second kappa shape index (κ2) is 8.17. The van der Waals surface area contributed by atoms with E-state index >= 15 is 0 Å². The number of ether oxygens (including phenoxy) is 1. The molecule has 0 bridgehead atoms. The molecule has 4 nitrogen and oxygen atoms in total. The minimum absolute atomic E-state index is 0.0362. The zero-order valence-electron chi connectivity index (χ0n) is 12.3. The van der Waals surface area contributed by atoms with Gasteiger partial charge < -0.3 is 15.4 Å². The Kier molecular flexibility index (Phi) is 6.24. The lowest BCUT2D eigenvalue weighted by Crippen LogP contribution is -2.30. The van der Waals surface area contributed by atoms with Gasteiger partial charge in [0.25, 0.3) is 0 Å². The summed E-state index contributed by atoms with van der Waals surface area (Å²) in [7, 11) is 1.60.